The van der Waals surface area contributed by atoms with Gasteiger partial charge in [-0.15, -0.1) is 0 Å². The van der Waals surface area contributed by atoms with Crippen molar-refractivity contribution in [2.24, 2.45) is 0 Å². The van der Waals surface area contributed by atoms with Crippen molar-refractivity contribution in [2.75, 3.05) is 6.61 Å². The Balaban J connectivity index is 2.83. The van der Waals surface area contributed by atoms with Crippen LogP contribution in [0.15, 0.2) is 0 Å². The minimum atomic E-state index is -0.402. The van der Waals surface area contributed by atoms with Gasteiger partial charge in [0.25, 0.3) is 0 Å². The Morgan fingerprint density at radius 2 is 1.40 bits per heavy atom. The van der Waals surface area contributed by atoms with E-state index in [2.05, 4.69) is 13.8 Å². The summed E-state index contributed by atoms with van der Waals surface area (Å²) in [7, 11) is 0. The number of hydrogen-bond donors (Lipinski definition) is 0. The molecule has 0 amide bonds. The van der Waals surface area contributed by atoms with E-state index in [0.29, 0.717) is 12.2 Å². The van der Waals surface area contributed by atoms with Crippen molar-refractivity contribution in [3.8, 4) is 0 Å². The molecule has 0 aromatic heterocycles. The van der Waals surface area contributed by atoms with Gasteiger partial charge in [0.1, 0.15) is 0 Å². The van der Waals surface area contributed by atoms with Gasteiger partial charge in [0, 0.05) is 0 Å². The van der Waals surface area contributed by atoms with Gasteiger partial charge < -0.3 is 0 Å². The maximum Gasteiger partial charge on any atom is 0.373 e. The Hall–Kier alpha value is -1.35. The number of hydrogen-bond acceptors (Lipinski definition) is 3. The lowest BCUT2D eigenvalue weighted by atomic mass is 9.90. The van der Waals surface area contributed by atoms with E-state index in [4.69, 9.17) is 9.78 Å². The summed E-state index contributed by atoms with van der Waals surface area (Å²) >= 11 is 0. The zero-order valence-electron chi connectivity index (χ0n) is 13.3. The molecule has 1 aromatic rings. The van der Waals surface area contributed by atoms with Crippen molar-refractivity contribution in [1.29, 1.82) is 0 Å². The summed E-state index contributed by atoms with van der Waals surface area (Å²) in [6, 6.07) is 0. The highest BCUT2D eigenvalue weighted by molar-refractivity contribution is 5.93. The molecule has 0 N–H and O–H groups in total. The zero-order chi connectivity index (χ0) is 15.3. The quantitative estimate of drug-likeness (QED) is 0.441. The van der Waals surface area contributed by atoms with Crippen LogP contribution in [0.1, 0.15) is 57.4 Å². The van der Waals surface area contributed by atoms with Crippen molar-refractivity contribution in [3.05, 3.63) is 40.3 Å². The number of benzene rings is 1. The molecule has 1 radical (unpaired) electrons. The molecule has 0 aliphatic rings. The normalized spacial score (nSPS) is 10.7. The molecule has 0 aliphatic carbocycles. The molecule has 0 atom stereocenters. The van der Waals surface area contributed by atoms with Crippen LogP contribution in [0, 0.1) is 41.5 Å². The average Bonchev–Trinajstić information content (AvgIpc) is 2.43. The van der Waals surface area contributed by atoms with E-state index >= 15 is 0 Å². The van der Waals surface area contributed by atoms with Crippen molar-refractivity contribution in [2.45, 2.75) is 53.9 Å². The van der Waals surface area contributed by atoms with Crippen molar-refractivity contribution in [1.82, 2.24) is 0 Å². The fourth-order valence-corrected chi connectivity index (χ4v) is 2.28. The number of carbonyl (C=O) groups is 1. The van der Waals surface area contributed by atoms with Crippen LogP contribution in [-0.2, 0) is 9.78 Å². The molecule has 0 aliphatic heterocycles. The van der Waals surface area contributed by atoms with Gasteiger partial charge in [-0.1, -0.05) is 19.8 Å². The second-order valence-corrected chi connectivity index (χ2v) is 5.25. The molecule has 0 saturated carbocycles. The van der Waals surface area contributed by atoms with Crippen LogP contribution in [0.5, 0.6) is 0 Å². The molecule has 111 valence electrons. The molecule has 3 heteroatoms. The van der Waals surface area contributed by atoms with Crippen molar-refractivity contribution >= 4 is 5.97 Å². The monoisotopic (exact) mass is 277 g/mol. The van der Waals surface area contributed by atoms with Crippen LogP contribution < -0.4 is 0 Å². The summed E-state index contributed by atoms with van der Waals surface area (Å²) in [6.07, 6.45) is 2.69. The zero-order valence-corrected chi connectivity index (χ0v) is 13.3. The summed E-state index contributed by atoms with van der Waals surface area (Å²) in [6.45, 7) is 14.2. The highest BCUT2D eigenvalue weighted by atomic mass is 17.2. The third-order valence-corrected chi connectivity index (χ3v) is 4.07. The van der Waals surface area contributed by atoms with E-state index in [-0.39, 0.29) is 0 Å². The van der Waals surface area contributed by atoms with E-state index in [9.17, 15) is 4.79 Å². The molecule has 3 nitrogen and oxygen atoms in total. The predicted molar refractivity (Wildman–Crippen MR) is 80.7 cm³/mol. The summed E-state index contributed by atoms with van der Waals surface area (Å²) in [4.78, 5) is 22.1. The first kappa shape index (κ1) is 16.7. The van der Waals surface area contributed by atoms with Crippen LogP contribution in [-0.4, -0.2) is 12.6 Å². The molecule has 0 bridgehead atoms. The number of unbranched alkanes of at least 4 members (excludes halogenated alkanes) is 2. The summed E-state index contributed by atoms with van der Waals surface area (Å²) in [5.41, 5.74) is 6.07. The van der Waals surface area contributed by atoms with Crippen molar-refractivity contribution < 1.29 is 14.6 Å². The van der Waals surface area contributed by atoms with E-state index < -0.39 is 5.97 Å². The Morgan fingerprint density at radius 3 is 1.90 bits per heavy atom. The van der Waals surface area contributed by atoms with Gasteiger partial charge in [-0.05, 0) is 68.9 Å². The van der Waals surface area contributed by atoms with E-state index in [1.807, 2.05) is 27.7 Å². The molecule has 0 spiro atoms. The van der Waals surface area contributed by atoms with E-state index in [1.165, 1.54) is 5.56 Å². The van der Waals surface area contributed by atoms with E-state index in [1.54, 1.807) is 0 Å². The second-order valence-electron chi connectivity index (χ2n) is 5.25. The summed E-state index contributed by atoms with van der Waals surface area (Å²) in [5, 5.41) is 0. The average molecular weight is 277 g/mol. The molecule has 1 aromatic carbocycles. The molecular weight excluding hydrogens is 252 g/mol. The van der Waals surface area contributed by atoms with Crippen LogP contribution in [0.2, 0.25) is 0 Å². The van der Waals surface area contributed by atoms with Crippen LogP contribution in [0.25, 0.3) is 0 Å². The first-order valence-electron chi connectivity index (χ1n) is 7.11. The van der Waals surface area contributed by atoms with Gasteiger partial charge in [0.15, 0.2) is 0 Å². The minimum absolute atomic E-state index is 0.402. The van der Waals surface area contributed by atoms with Gasteiger partial charge in [-0.25, -0.2) is 4.79 Å². The molecule has 1 rings (SSSR count). The maximum atomic E-state index is 12.2. The first-order valence-corrected chi connectivity index (χ1v) is 7.11. The third-order valence-electron chi connectivity index (χ3n) is 4.07. The fraction of sp³-hybridized carbons (Fsp3) is 0.529. The Morgan fingerprint density at radius 1 is 0.900 bits per heavy atom. The van der Waals surface area contributed by atoms with Crippen LogP contribution >= 0.6 is 0 Å². The lowest BCUT2D eigenvalue weighted by Gasteiger charge is -2.17. The molecule has 20 heavy (non-hydrogen) atoms. The Kier molecular flexibility index (Phi) is 6.21. The highest BCUT2D eigenvalue weighted by Gasteiger charge is 2.20. The lowest BCUT2D eigenvalue weighted by molar-refractivity contribution is -0.241. The van der Waals surface area contributed by atoms with E-state index in [0.717, 1.165) is 41.5 Å². The predicted octanol–water partition coefficient (Wildman–Crippen LogP) is 4.32. The fourth-order valence-electron chi connectivity index (χ4n) is 2.28. The molecule has 0 heterocycles. The topological polar surface area (TPSA) is 35.5 Å². The highest BCUT2D eigenvalue weighted by Crippen LogP contribution is 2.26. The summed E-state index contributed by atoms with van der Waals surface area (Å²) < 4.78 is 0. The first-order chi connectivity index (χ1) is 9.41. The largest absolute Gasteiger partial charge is 0.373 e. The van der Waals surface area contributed by atoms with Gasteiger partial charge in [0.2, 0.25) is 0 Å². The van der Waals surface area contributed by atoms with Crippen LogP contribution in [0.3, 0.4) is 0 Å². The lowest BCUT2D eigenvalue weighted by Crippen LogP contribution is -2.13. The number of carbonyl (C=O) groups excluding carboxylic acids is 1. The summed E-state index contributed by atoms with van der Waals surface area (Å²) in [5.74, 6) is -0.402. The smallest absolute Gasteiger partial charge is 0.293 e. The minimum Gasteiger partial charge on any atom is -0.293 e. The third kappa shape index (κ3) is 3.60. The van der Waals surface area contributed by atoms with Gasteiger partial charge in [-0.3, -0.25) is 4.89 Å². The Labute approximate surface area is 122 Å². The standard InChI is InChI=1S/C17H25O3/c1-7-8-9-10-19-20-17(18)16-14(5)12(3)11(2)13(4)15(16)6/h1,7-10H2,2-6H3. The molecule has 0 fully saturated rings. The Bertz CT molecular complexity index is 460. The SMILES string of the molecule is [CH2]CCCCOOC(=O)c1c(C)c(C)c(C)c(C)c1C. The van der Waals surface area contributed by atoms with Crippen molar-refractivity contribution in [3.63, 3.8) is 0 Å². The number of rotatable bonds is 6. The van der Waals surface area contributed by atoms with Gasteiger partial charge in [0.05, 0.1) is 12.2 Å². The second kappa shape index (κ2) is 7.44. The molecule has 0 saturated heterocycles. The molecular formula is C17H25O3. The maximum absolute atomic E-state index is 12.2. The van der Waals surface area contributed by atoms with Gasteiger partial charge >= 0.3 is 5.97 Å². The van der Waals surface area contributed by atoms with Gasteiger partial charge in [-0.2, -0.15) is 4.89 Å². The van der Waals surface area contributed by atoms with Crippen LogP contribution in [0.4, 0.5) is 0 Å². The molecule has 0 unspecified atom stereocenters.